The summed E-state index contributed by atoms with van der Waals surface area (Å²) in [4.78, 5) is 9.00. The number of halogens is 1. The molecule has 6 heteroatoms. The monoisotopic (exact) mass is 306 g/mol. The van der Waals surface area contributed by atoms with Crippen LogP contribution in [0.3, 0.4) is 0 Å². The molecule has 21 heavy (non-hydrogen) atoms. The van der Waals surface area contributed by atoms with Crippen LogP contribution in [0.15, 0.2) is 24.3 Å². The molecule has 0 radical (unpaired) electrons. The number of methoxy groups -OCH3 is 1. The first kappa shape index (κ1) is 15.5. The third-order valence-corrected chi connectivity index (χ3v) is 3.35. The maximum absolute atomic E-state index is 6.16. The number of ether oxygens (including phenoxy) is 1. The molecule has 0 aliphatic carbocycles. The van der Waals surface area contributed by atoms with Crippen LogP contribution in [0.5, 0.6) is 5.75 Å². The number of anilines is 1. The molecule has 0 aliphatic heterocycles. The number of nitrogens with two attached hydrogens (primary N) is 1. The van der Waals surface area contributed by atoms with Gasteiger partial charge < -0.3 is 10.2 Å². The number of hydrogen-bond donors (Lipinski definition) is 2. The number of aromatic nitrogens is 2. The van der Waals surface area contributed by atoms with Gasteiger partial charge in [-0.25, -0.2) is 15.8 Å². The molecule has 0 fully saturated rings. The molecule has 0 unspecified atom stereocenters. The van der Waals surface area contributed by atoms with Crippen molar-refractivity contribution in [2.45, 2.75) is 26.2 Å². The van der Waals surface area contributed by atoms with Crippen molar-refractivity contribution in [3.63, 3.8) is 0 Å². The van der Waals surface area contributed by atoms with E-state index in [4.69, 9.17) is 22.2 Å². The van der Waals surface area contributed by atoms with E-state index < -0.39 is 0 Å². The molecule has 5 nitrogen and oxygen atoms in total. The van der Waals surface area contributed by atoms with Gasteiger partial charge in [-0.15, -0.1) is 0 Å². The summed E-state index contributed by atoms with van der Waals surface area (Å²) in [7, 11) is 1.58. The zero-order valence-electron chi connectivity index (χ0n) is 12.6. The van der Waals surface area contributed by atoms with E-state index in [1.165, 1.54) is 0 Å². The van der Waals surface area contributed by atoms with Gasteiger partial charge in [-0.2, -0.15) is 0 Å². The maximum atomic E-state index is 6.16. The van der Waals surface area contributed by atoms with Gasteiger partial charge in [0, 0.05) is 17.0 Å². The van der Waals surface area contributed by atoms with E-state index in [2.05, 4.69) is 36.2 Å². The lowest BCUT2D eigenvalue weighted by Crippen LogP contribution is -2.17. The van der Waals surface area contributed by atoms with E-state index in [9.17, 15) is 0 Å². The summed E-state index contributed by atoms with van der Waals surface area (Å²) in [5.41, 5.74) is 4.17. The van der Waals surface area contributed by atoms with E-state index in [-0.39, 0.29) is 5.41 Å². The SMILES string of the molecule is COc1ccc(-c2nc(NN)cc(C(C)(C)C)n2)cc1Cl. The van der Waals surface area contributed by atoms with Crippen LogP contribution in [0.25, 0.3) is 11.4 Å². The Labute approximate surface area is 129 Å². The van der Waals surface area contributed by atoms with Crippen molar-refractivity contribution in [2.24, 2.45) is 5.84 Å². The van der Waals surface area contributed by atoms with E-state index in [0.717, 1.165) is 11.3 Å². The average molecular weight is 307 g/mol. The Morgan fingerprint density at radius 3 is 2.43 bits per heavy atom. The topological polar surface area (TPSA) is 73.1 Å². The van der Waals surface area contributed by atoms with E-state index >= 15 is 0 Å². The molecule has 2 aromatic rings. The van der Waals surface area contributed by atoms with Gasteiger partial charge in [-0.1, -0.05) is 32.4 Å². The minimum absolute atomic E-state index is 0.112. The van der Waals surface area contributed by atoms with Crippen LogP contribution < -0.4 is 16.0 Å². The van der Waals surface area contributed by atoms with Gasteiger partial charge in [-0.05, 0) is 18.2 Å². The summed E-state index contributed by atoms with van der Waals surface area (Å²) in [6, 6.07) is 7.28. The number of hydrazine groups is 1. The molecular formula is C15H19ClN4O. The van der Waals surface area contributed by atoms with Crippen LogP contribution >= 0.6 is 11.6 Å². The molecule has 3 N–H and O–H groups in total. The fourth-order valence-electron chi connectivity index (χ4n) is 1.84. The van der Waals surface area contributed by atoms with Crippen molar-refractivity contribution in [2.75, 3.05) is 12.5 Å². The molecule has 1 aromatic heterocycles. The van der Waals surface area contributed by atoms with Gasteiger partial charge in [0.1, 0.15) is 11.6 Å². The molecule has 0 spiro atoms. The third kappa shape index (κ3) is 3.43. The lowest BCUT2D eigenvalue weighted by atomic mass is 9.92. The fraction of sp³-hybridized carbons (Fsp3) is 0.333. The first-order chi connectivity index (χ1) is 9.85. The molecule has 0 amide bonds. The molecule has 0 saturated heterocycles. The van der Waals surface area contributed by atoms with Crippen molar-refractivity contribution in [3.8, 4) is 17.1 Å². The van der Waals surface area contributed by atoms with Gasteiger partial charge in [0.25, 0.3) is 0 Å². The highest BCUT2D eigenvalue weighted by Gasteiger charge is 2.18. The first-order valence-corrected chi connectivity index (χ1v) is 6.93. The number of nitrogens with zero attached hydrogens (tertiary/aromatic N) is 2. The van der Waals surface area contributed by atoms with Crippen molar-refractivity contribution >= 4 is 17.4 Å². The number of nitrogen functional groups attached to an aromatic ring is 1. The lowest BCUT2D eigenvalue weighted by Gasteiger charge is -2.19. The van der Waals surface area contributed by atoms with Crippen LogP contribution in [0, 0.1) is 0 Å². The van der Waals surface area contributed by atoms with Gasteiger partial charge >= 0.3 is 0 Å². The Morgan fingerprint density at radius 2 is 1.90 bits per heavy atom. The fourth-order valence-corrected chi connectivity index (χ4v) is 2.10. The number of benzene rings is 1. The Hall–Kier alpha value is -1.85. The summed E-state index contributed by atoms with van der Waals surface area (Å²) in [5, 5.41) is 0.516. The van der Waals surface area contributed by atoms with E-state index in [1.807, 2.05) is 12.1 Å². The number of rotatable bonds is 3. The number of nitrogens with one attached hydrogen (secondary N) is 1. The first-order valence-electron chi connectivity index (χ1n) is 6.55. The predicted octanol–water partition coefficient (Wildman–Crippen LogP) is 3.39. The standard InChI is InChI=1S/C15H19ClN4O/c1-15(2,3)12-8-13(20-17)19-14(18-12)9-5-6-11(21-4)10(16)7-9/h5-8H,17H2,1-4H3,(H,18,19,20). The zero-order valence-corrected chi connectivity index (χ0v) is 13.3. The van der Waals surface area contributed by atoms with E-state index in [0.29, 0.717) is 22.4 Å². The Kier molecular flexibility index (Phi) is 4.34. The maximum Gasteiger partial charge on any atom is 0.161 e. The highest BCUT2D eigenvalue weighted by atomic mass is 35.5. The minimum atomic E-state index is -0.112. The van der Waals surface area contributed by atoms with Gasteiger partial charge in [-0.3, -0.25) is 0 Å². The van der Waals surface area contributed by atoms with Crippen molar-refractivity contribution < 1.29 is 4.74 Å². The van der Waals surface area contributed by atoms with Crippen molar-refractivity contribution in [1.82, 2.24) is 9.97 Å². The highest BCUT2D eigenvalue weighted by Crippen LogP contribution is 2.30. The molecule has 0 atom stereocenters. The summed E-state index contributed by atoms with van der Waals surface area (Å²) in [6.45, 7) is 6.25. The van der Waals surface area contributed by atoms with Crippen LogP contribution in [-0.2, 0) is 5.41 Å². The summed E-state index contributed by atoms with van der Waals surface area (Å²) in [6.07, 6.45) is 0. The normalized spacial score (nSPS) is 11.3. The second kappa shape index (κ2) is 5.87. The number of hydrogen-bond acceptors (Lipinski definition) is 5. The minimum Gasteiger partial charge on any atom is -0.495 e. The third-order valence-electron chi connectivity index (χ3n) is 3.05. The van der Waals surface area contributed by atoms with Crippen molar-refractivity contribution in [1.29, 1.82) is 0 Å². The van der Waals surface area contributed by atoms with Crippen LogP contribution in [-0.4, -0.2) is 17.1 Å². The molecular weight excluding hydrogens is 288 g/mol. The Balaban J connectivity index is 2.55. The average Bonchev–Trinajstić information content (AvgIpc) is 2.45. The van der Waals surface area contributed by atoms with Crippen LogP contribution in [0.4, 0.5) is 5.82 Å². The van der Waals surface area contributed by atoms with Crippen LogP contribution in [0.1, 0.15) is 26.5 Å². The van der Waals surface area contributed by atoms with Gasteiger partial charge in [0.05, 0.1) is 17.8 Å². The van der Waals surface area contributed by atoms with Crippen molar-refractivity contribution in [3.05, 3.63) is 35.0 Å². The van der Waals surface area contributed by atoms with Gasteiger partial charge in [0.15, 0.2) is 5.82 Å². The predicted molar refractivity (Wildman–Crippen MR) is 85.5 cm³/mol. The summed E-state index contributed by atoms with van der Waals surface area (Å²) < 4.78 is 5.15. The highest BCUT2D eigenvalue weighted by molar-refractivity contribution is 6.32. The van der Waals surface area contributed by atoms with Gasteiger partial charge in [0.2, 0.25) is 0 Å². The summed E-state index contributed by atoms with van der Waals surface area (Å²) >= 11 is 6.16. The Morgan fingerprint density at radius 1 is 1.19 bits per heavy atom. The quantitative estimate of drug-likeness (QED) is 0.671. The van der Waals surface area contributed by atoms with Crippen LogP contribution in [0.2, 0.25) is 5.02 Å². The lowest BCUT2D eigenvalue weighted by molar-refractivity contribution is 0.415. The molecule has 0 saturated carbocycles. The molecule has 1 aromatic carbocycles. The summed E-state index contributed by atoms with van der Waals surface area (Å²) in [5.74, 6) is 7.25. The Bertz CT molecular complexity index is 653. The second-order valence-corrected chi connectivity index (χ2v) is 6.11. The molecule has 2 rings (SSSR count). The molecule has 1 heterocycles. The molecule has 0 bridgehead atoms. The second-order valence-electron chi connectivity index (χ2n) is 5.71. The zero-order chi connectivity index (χ0) is 15.6. The largest absolute Gasteiger partial charge is 0.495 e. The molecule has 0 aliphatic rings. The smallest absolute Gasteiger partial charge is 0.161 e. The molecule has 112 valence electrons. The van der Waals surface area contributed by atoms with E-state index in [1.54, 1.807) is 19.2 Å².